The first kappa shape index (κ1) is 15.3. The molecule has 6 heteroatoms. The van der Waals surface area contributed by atoms with Gasteiger partial charge in [-0.2, -0.15) is 4.31 Å². The molecule has 0 aliphatic heterocycles. The average molecular weight is 298 g/mol. The van der Waals surface area contributed by atoms with Crippen molar-refractivity contribution in [2.24, 2.45) is 0 Å². The van der Waals surface area contributed by atoms with Crippen molar-refractivity contribution >= 4 is 10.0 Å². The number of hydrogen-bond donors (Lipinski definition) is 1. The van der Waals surface area contributed by atoms with Gasteiger partial charge < -0.3 is 10.1 Å². The predicted octanol–water partition coefficient (Wildman–Crippen LogP) is 1.59. The van der Waals surface area contributed by atoms with Crippen LogP contribution in [-0.4, -0.2) is 40.0 Å². The van der Waals surface area contributed by atoms with Gasteiger partial charge in [-0.1, -0.05) is 12.5 Å². The molecule has 0 atom stereocenters. The van der Waals surface area contributed by atoms with E-state index in [4.69, 9.17) is 4.74 Å². The summed E-state index contributed by atoms with van der Waals surface area (Å²) in [7, 11) is 1.48. The second kappa shape index (κ2) is 6.11. The Morgan fingerprint density at radius 1 is 1.40 bits per heavy atom. The number of ether oxygens (including phenoxy) is 1. The molecule has 1 fully saturated rings. The van der Waals surface area contributed by atoms with Crippen LogP contribution in [-0.2, 0) is 16.6 Å². The van der Waals surface area contributed by atoms with Gasteiger partial charge >= 0.3 is 0 Å². The van der Waals surface area contributed by atoms with Crippen LogP contribution in [0.3, 0.4) is 0 Å². The molecule has 0 aromatic heterocycles. The molecule has 1 N–H and O–H groups in total. The number of benzene rings is 1. The molecule has 112 valence electrons. The van der Waals surface area contributed by atoms with E-state index in [1.165, 1.54) is 11.4 Å². The zero-order valence-corrected chi connectivity index (χ0v) is 13.0. The van der Waals surface area contributed by atoms with Crippen molar-refractivity contribution in [1.82, 2.24) is 9.62 Å². The third kappa shape index (κ3) is 2.82. The molecule has 0 unspecified atom stereocenters. The third-order valence-corrected chi connectivity index (χ3v) is 5.79. The maximum Gasteiger partial charge on any atom is 0.246 e. The highest BCUT2D eigenvalue weighted by Gasteiger charge is 2.33. The fourth-order valence-corrected chi connectivity index (χ4v) is 3.96. The van der Waals surface area contributed by atoms with Crippen molar-refractivity contribution in [3.8, 4) is 5.75 Å². The minimum Gasteiger partial charge on any atom is -0.495 e. The van der Waals surface area contributed by atoms with E-state index in [1.807, 2.05) is 13.1 Å². The topological polar surface area (TPSA) is 58.6 Å². The van der Waals surface area contributed by atoms with E-state index < -0.39 is 10.0 Å². The van der Waals surface area contributed by atoms with Crippen LogP contribution in [0.4, 0.5) is 0 Å². The van der Waals surface area contributed by atoms with E-state index in [-0.39, 0.29) is 10.9 Å². The predicted molar refractivity (Wildman–Crippen MR) is 78.3 cm³/mol. The van der Waals surface area contributed by atoms with Gasteiger partial charge in [-0.15, -0.1) is 0 Å². The van der Waals surface area contributed by atoms with Crippen molar-refractivity contribution in [3.63, 3.8) is 0 Å². The summed E-state index contributed by atoms with van der Waals surface area (Å²) in [6, 6.07) is 5.41. The molecule has 1 aromatic carbocycles. The second-order valence-corrected chi connectivity index (χ2v) is 7.09. The lowest BCUT2D eigenvalue weighted by molar-refractivity contribution is 0.249. The van der Waals surface area contributed by atoms with Gasteiger partial charge in [0.1, 0.15) is 10.6 Å². The smallest absolute Gasteiger partial charge is 0.246 e. The Labute approximate surface area is 121 Å². The molecule has 0 heterocycles. The first-order valence-corrected chi connectivity index (χ1v) is 8.24. The van der Waals surface area contributed by atoms with Crippen LogP contribution in [0.15, 0.2) is 23.1 Å². The summed E-state index contributed by atoms with van der Waals surface area (Å²) in [5.41, 5.74) is 0.925. The first-order valence-electron chi connectivity index (χ1n) is 6.80. The highest BCUT2D eigenvalue weighted by molar-refractivity contribution is 7.89. The lowest BCUT2D eigenvalue weighted by Gasteiger charge is -2.34. The van der Waals surface area contributed by atoms with E-state index in [1.54, 1.807) is 19.2 Å². The van der Waals surface area contributed by atoms with Crippen LogP contribution >= 0.6 is 0 Å². The Hall–Kier alpha value is -1.11. The summed E-state index contributed by atoms with van der Waals surface area (Å²) < 4.78 is 32.2. The van der Waals surface area contributed by atoms with E-state index >= 15 is 0 Å². The van der Waals surface area contributed by atoms with Gasteiger partial charge in [-0.05, 0) is 37.6 Å². The number of methoxy groups -OCH3 is 1. The highest BCUT2D eigenvalue weighted by atomic mass is 32.2. The molecule has 1 aromatic rings. The summed E-state index contributed by atoms with van der Waals surface area (Å²) in [4.78, 5) is 0.252. The number of sulfonamides is 1. The molecule has 0 spiro atoms. The monoisotopic (exact) mass is 298 g/mol. The normalized spacial score (nSPS) is 16.2. The van der Waals surface area contributed by atoms with Gasteiger partial charge in [0.05, 0.1) is 7.11 Å². The molecule has 0 amide bonds. The summed E-state index contributed by atoms with van der Waals surface area (Å²) in [5.74, 6) is 0.399. The van der Waals surface area contributed by atoms with Crippen LogP contribution < -0.4 is 10.1 Å². The Morgan fingerprint density at radius 2 is 2.10 bits per heavy atom. The van der Waals surface area contributed by atoms with Crippen molar-refractivity contribution in [1.29, 1.82) is 0 Å². The van der Waals surface area contributed by atoms with Crippen LogP contribution in [0.2, 0.25) is 0 Å². The van der Waals surface area contributed by atoms with Crippen LogP contribution in [0, 0.1) is 0 Å². The van der Waals surface area contributed by atoms with E-state index in [9.17, 15) is 8.42 Å². The van der Waals surface area contributed by atoms with Crippen molar-refractivity contribution < 1.29 is 13.2 Å². The van der Waals surface area contributed by atoms with Gasteiger partial charge in [0.25, 0.3) is 0 Å². The zero-order chi connectivity index (χ0) is 14.8. The molecule has 1 aliphatic carbocycles. The van der Waals surface area contributed by atoms with E-state index in [0.717, 1.165) is 24.8 Å². The lowest BCUT2D eigenvalue weighted by atomic mass is 9.94. The van der Waals surface area contributed by atoms with Crippen molar-refractivity contribution in [2.75, 3.05) is 21.2 Å². The second-order valence-electron chi connectivity index (χ2n) is 5.12. The van der Waals surface area contributed by atoms with Crippen molar-refractivity contribution in [3.05, 3.63) is 23.8 Å². The largest absolute Gasteiger partial charge is 0.495 e. The van der Waals surface area contributed by atoms with Crippen LogP contribution in [0.5, 0.6) is 5.75 Å². The Balaban J connectivity index is 2.39. The summed E-state index contributed by atoms with van der Waals surface area (Å²) in [6.07, 6.45) is 2.98. The van der Waals surface area contributed by atoms with Crippen molar-refractivity contribution in [2.45, 2.75) is 36.7 Å². The molecule has 1 aliphatic rings. The molecule has 0 bridgehead atoms. The first-order chi connectivity index (χ1) is 9.50. The fourth-order valence-electron chi connectivity index (χ4n) is 2.34. The quantitative estimate of drug-likeness (QED) is 0.866. The molecule has 1 saturated carbocycles. The number of hydrogen-bond acceptors (Lipinski definition) is 4. The Morgan fingerprint density at radius 3 is 2.60 bits per heavy atom. The summed E-state index contributed by atoms with van der Waals surface area (Å²) in [6.45, 7) is 0.625. The van der Waals surface area contributed by atoms with Gasteiger partial charge in [-0.25, -0.2) is 8.42 Å². The molecular weight excluding hydrogens is 276 g/mol. The van der Waals surface area contributed by atoms with Gasteiger partial charge in [0.15, 0.2) is 0 Å². The lowest BCUT2D eigenvalue weighted by Crippen LogP contribution is -2.41. The van der Waals surface area contributed by atoms with Gasteiger partial charge in [-0.3, -0.25) is 0 Å². The SMILES string of the molecule is CNCc1ccc(OC)c(S(=O)(=O)N(C)C2CCC2)c1. The maximum absolute atomic E-state index is 12.7. The summed E-state index contributed by atoms with van der Waals surface area (Å²) >= 11 is 0. The fraction of sp³-hybridized carbons (Fsp3) is 0.571. The van der Waals surface area contributed by atoms with E-state index in [0.29, 0.717) is 12.3 Å². The number of nitrogens with zero attached hydrogens (tertiary/aromatic N) is 1. The zero-order valence-electron chi connectivity index (χ0n) is 12.2. The minimum atomic E-state index is -3.50. The molecular formula is C14H22N2O3S. The average Bonchev–Trinajstić information content (AvgIpc) is 2.37. The number of rotatable bonds is 6. The Bertz CT molecular complexity index is 568. The van der Waals surface area contributed by atoms with E-state index in [2.05, 4.69) is 5.32 Å². The highest BCUT2D eigenvalue weighted by Crippen LogP contribution is 2.32. The Kier molecular flexibility index (Phi) is 4.67. The molecule has 5 nitrogen and oxygen atoms in total. The number of nitrogens with one attached hydrogen (secondary N) is 1. The minimum absolute atomic E-state index is 0.123. The molecule has 0 radical (unpaired) electrons. The van der Waals surface area contributed by atoms with Gasteiger partial charge in [0, 0.05) is 19.6 Å². The third-order valence-electron chi connectivity index (χ3n) is 3.85. The molecule has 20 heavy (non-hydrogen) atoms. The maximum atomic E-state index is 12.7. The molecule has 0 saturated heterocycles. The van der Waals surface area contributed by atoms with Gasteiger partial charge in [0.2, 0.25) is 10.0 Å². The van der Waals surface area contributed by atoms with Crippen LogP contribution in [0.1, 0.15) is 24.8 Å². The van der Waals surface area contributed by atoms with Crippen LogP contribution in [0.25, 0.3) is 0 Å². The molecule has 2 rings (SSSR count). The standard InChI is InChI=1S/C14H22N2O3S/c1-15-10-11-7-8-13(19-3)14(9-11)20(17,18)16(2)12-5-4-6-12/h7-9,12,15H,4-6,10H2,1-3H3. The summed E-state index contributed by atoms with van der Waals surface area (Å²) in [5, 5.41) is 3.03.